The molecule has 1 aromatic carbocycles. The van der Waals surface area contributed by atoms with E-state index in [1.54, 1.807) is 0 Å². The van der Waals surface area contributed by atoms with Crippen LogP contribution in [0.3, 0.4) is 0 Å². The van der Waals surface area contributed by atoms with E-state index in [-0.39, 0.29) is 11.8 Å². The standard InChI is InChI=1S/C13H21NO2S/c1-3-12(2)14-17(15,16)11-7-10-13-8-5-4-6-9-13/h4-6,8-9,12,14H,3,7,10-11H2,1-2H3. The lowest BCUT2D eigenvalue weighted by atomic mass is 10.1. The van der Waals surface area contributed by atoms with Crippen molar-refractivity contribution in [3.8, 4) is 0 Å². The molecule has 1 rings (SSSR count). The van der Waals surface area contributed by atoms with Gasteiger partial charge in [-0.15, -0.1) is 0 Å². The maximum Gasteiger partial charge on any atom is 0.211 e. The summed E-state index contributed by atoms with van der Waals surface area (Å²) >= 11 is 0. The van der Waals surface area contributed by atoms with E-state index in [2.05, 4.69) is 4.72 Å². The van der Waals surface area contributed by atoms with E-state index in [1.165, 1.54) is 5.56 Å². The van der Waals surface area contributed by atoms with E-state index in [4.69, 9.17) is 0 Å². The third-order valence-electron chi connectivity index (χ3n) is 2.71. The van der Waals surface area contributed by atoms with Crippen molar-refractivity contribution < 1.29 is 8.42 Å². The normalized spacial score (nSPS) is 13.5. The van der Waals surface area contributed by atoms with Gasteiger partial charge in [-0.3, -0.25) is 0 Å². The number of rotatable bonds is 7. The molecule has 96 valence electrons. The van der Waals surface area contributed by atoms with Crippen LogP contribution in [0.1, 0.15) is 32.3 Å². The van der Waals surface area contributed by atoms with Crippen LogP contribution < -0.4 is 4.72 Å². The molecule has 0 saturated heterocycles. The molecule has 1 unspecified atom stereocenters. The molecule has 0 spiro atoms. The van der Waals surface area contributed by atoms with Crippen LogP contribution in [-0.4, -0.2) is 20.2 Å². The summed E-state index contributed by atoms with van der Waals surface area (Å²) in [4.78, 5) is 0. The highest BCUT2D eigenvalue weighted by atomic mass is 32.2. The van der Waals surface area contributed by atoms with E-state index in [9.17, 15) is 8.42 Å². The fraction of sp³-hybridized carbons (Fsp3) is 0.538. The summed E-state index contributed by atoms with van der Waals surface area (Å²) in [6, 6.07) is 9.98. The maximum atomic E-state index is 11.7. The Morgan fingerprint density at radius 2 is 1.88 bits per heavy atom. The van der Waals surface area contributed by atoms with Crippen molar-refractivity contribution in [1.29, 1.82) is 0 Å². The second kappa shape index (κ2) is 6.77. The van der Waals surface area contributed by atoms with Gasteiger partial charge in [-0.2, -0.15) is 0 Å². The largest absolute Gasteiger partial charge is 0.212 e. The van der Waals surface area contributed by atoms with Crippen molar-refractivity contribution >= 4 is 10.0 Å². The molecule has 0 aliphatic carbocycles. The molecule has 3 nitrogen and oxygen atoms in total. The van der Waals surface area contributed by atoms with Crippen LogP contribution in [0, 0.1) is 0 Å². The first-order valence-corrected chi connectivity index (χ1v) is 7.72. The molecule has 17 heavy (non-hydrogen) atoms. The van der Waals surface area contributed by atoms with E-state index in [1.807, 2.05) is 44.2 Å². The number of hydrogen-bond acceptors (Lipinski definition) is 2. The fourth-order valence-electron chi connectivity index (χ4n) is 1.56. The molecule has 1 aromatic rings. The Morgan fingerprint density at radius 3 is 2.47 bits per heavy atom. The molecule has 0 saturated carbocycles. The Morgan fingerprint density at radius 1 is 1.24 bits per heavy atom. The molecule has 0 aromatic heterocycles. The SMILES string of the molecule is CCC(C)NS(=O)(=O)CCCc1ccccc1. The summed E-state index contributed by atoms with van der Waals surface area (Å²) < 4.78 is 26.0. The van der Waals surface area contributed by atoms with Gasteiger partial charge in [-0.25, -0.2) is 13.1 Å². The lowest BCUT2D eigenvalue weighted by Gasteiger charge is -2.11. The third-order valence-corrected chi connectivity index (χ3v) is 4.30. The van der Waals surface area contributed by atoms with Gasteiger partial charge in [0.15, 0.2) is 0 Å². The Kier molecular flexibility index (Phi) is 5.65. The van der Waals surface area contributed by atoms with E-state index < -0.39 is 10.0 Å². The van der Waals surface area contributed by atoms with Crippen molar-refractivity contribution in [3.05, 3.63) is 35.9 Å². The van der Waals surface area contributed by atoms with Gasteiger partial charge in [0.05, 0.1) is 5.75 Å². The molecule has 0 amide bonds. The van der Waals surface area contributed by atoms with Gasteiger partial charge in [-0.1, -0.05) is 37.3 Å². The summed E-state index contributed by atoms with van der Waals surface area (Å²) in [5.41, 5.74) is 1.19. The van der Waals surface area contributed by atoms with Crippen LogP contribution in [0.25, 0.3) is 0 Å². The van der Waals surface area contributed by atoms with Crippen LogP contribution in [0.15, 0.2) is 30.3 Å². The van der Waals surface area contributed by atoms with Crippen molar-refractivity contribution in [2.45, 2.75) is 39.2 Å². The van der Waals surface area contributed by atoms with Gasteiger partial charge in [0.2, 0.25) is 10.0 Å². The van der Waals surface area contributed by atoms with Gasteiger partial charge < -0.3 is 0 Å². The van der Waals surface area contributed by atoms with E-state index >= 15 is 0 Å². The molecular weight excluding hydrogens is 234 g/mol. The molecule has 0 heterocycles. The second-order valence-electron chi connectivity index (χ2n) is 4.34. The molecule has 1 N–H and O–H groups in total. The predicted octanol–water partition coefficient (Wildman–Crippen LogP) is 2.34. The summed E-state index contributed by atoms with van der Waals surface area (Å²) in [5.74, 6) is 0.201. The van der Waals surface area contributed by atoms with Crippen molar-refractivity contribution in [1.82, 2.24) is 4.72 Å². The van der Waals surface area contributed by atoms with Crippen LogP contribution >= 0.6 is 0 Å². The monoisotopic (exact) mass is 255 g/mol. The predicted molar refractivity (Wildman–Crippen MR) is 71.4 cm³/mol. The average Bonchev–Trinajstić information content (AvgIpc) is 2.29. The van der Waals surface area contributed by atoms with Crippen molar-refractivity contribution in [3.63, 3.8) is 0 Å². The highest BCUT2D eigenvalue weighted by molar-refractivity contribution is 7.89. The number of aryl methyl sites for hydroxylation is 1. The Bertz CT molecular complexity index is 414. The fourth-order valence-corrected chi connectivity index (χ4v) is 2.98. The zero-order valence-electron chi connectivity index (χ0n) is 10.5. The van der Waals surface area contributed by atoms with Crippen LogP contribution in [0.4, 0.5) is 0 Å². The van der Waals surface area contributed by atoms with Gasteiger partial charge in [0, 0.05) is 6.04 Å². The van der Waals surface area contributed by atoms with Crippen molar-refractivity contribution in [2.24, 2.45) is 0 Å². The van der Waals surface area contributed by atoms with Gasteiger partial charge in [0.1, 0.15) is 0 Å². The minimum absolute atomic E-state index is 0.0247. The highest BCUT2D eigenvalue weighted by Crippen LogP contribution is 2.04. The first kappa shape index (κ1) is 14.2. The molecular formula is C13H21NO2S. The highest BCUT2D eigenvalue weighted by Gasteiger charge is 2.12. The number of benzene rings is 1. The lowest BCUT2D eigenvalue weighted by molar-refractivity contribution is 0.553. The van der Waals surface area contributed by atoms with E-state index in [0.29, 0.717) is 6.42 Å². The van der Waals surface area contributed by atoms with Gasteiger partial charge >= 0.3 is 0 Å². The molecule has 0 fully saturated rings. The molecule has 0 aliphatic rings. The molecule has 0 radical (unpaired) electrons. The number of sulfonamides is 1. The minimum Gasteiger partial charge on any atom is -0.212 e. The Hall–Kier alpha value is -0.870. The average molecular weight is 255 g/mol. The zero-order chi connectivity index (χ0) is 12.7. The third kappa shape index (κ3) is 5.84. The van der Waals surface area contributed by atoms with Gasteiger partial charge in [0.25, 0.3) is 0 Å². The summed E-state index contributed by atoms with van der Waals surface area (Å²) in [6.45, 7) is 3.85. The molecule has 0 aliphatic heterocycles. The summed E-state index contributed by atoms with van der Waals surface area (Å²) in [5, 5.41) is 0. The number of hydrogen-bond donors (Lipinski definition) is 1. The molecule has 0 bridgehead atoms. The first-order chi connectivity index (χ1) is 8.03. The van der Waals surface area contributed by atoms with Crippen molar-refractivity contribution in [2.75, 3.05) is 5.75 Å². The lowest BCUT2D eigenvalue weighted by Crippen LogP contribution is -2.33. The zero-order valence-corrected chi connectivity index (χ0v) is 11.3. The molecule has 4 heteroatoms. The Balaban J connectivity index is 2.36. The Labute approximate surface area is 104 Å². The minimum atomic E-state index is -3.11. The molecule has 1 atom stereocenters. The number of nitrogens with one attached hydrogen (secondary N) is 1. The van der Waals surface area contributed by atoms with Crippen LogP contribution in [0.5, 0.6) is 0 Å². The van der Waals surface area contributed by atoms with Crippen LogP contribution in [0.2, 0.25) is 0 Å². The topological polar surface area (TPSA) is 46.2 Å². The first-order valence-electron chi connectivity index (χ1n) is 6.07. The van der Waals surface area contributed by atoms with Crippen LogP contribution in [-0.2, 0) is 16.4 Å². The quantitative estimate of drug-likeness (QED) is 0.813. The second-order valence-corrected chi connectivity index (χ2v) is 6.21. The maximum absolute atomic E-state index is 11.7. The summed E-state index contributed by atoms with van der Waals surface area (Å²) in [7, 11) is -3.11. The van der Waals surface area contributed by atoms with E-state index in [0.717, 1.165) is 12.8 Å². The van der Waals surface area contributed by atoms with Gasteiger partial charge in [-0.05, 0) is 31.7 Å². The smallest absolute Gasteiger partial charge is 0.211 e. The summed E-state index contributed by atoms with van der Waals surface area (Å²) in [6.07, 6.45) is 2.29.